The van der Waals surface area contributed by atoms with E-state index >= 15 is 0 Å². The van der Waals surface area contributed by atoms with E-state index in [9.17, 15) is 4.39 Å². The lowest BCUT2D eigenvalue weighted by molar-refractivity contribution is 0.628. The third-order valence-electron chi connectivity index (χ3n) is 5.16. The summed E-state index contributed by atoms with van der Waals surface area (Å²) in [5.74, 6) is 1.25. The predicted molar refractivity (Wildman–Crippen MR) is 112 cm³/mol. The van der Waals surface area contributed by atoms with Crippen LogP contribution in [0, 0.1) is 18.7 Å². The molecule has 2 aromatic heterocycles. The summed E-state index contributed by atoms with van der Waals surface area (Å²) in [6, 6.07) is 14.3. The fraction of sp³-hybridized carbons (Fsp3) is 0.227. The Morgan fingerprint density at radius 2 is 1.97 bits per heavy atom. The molecule has 1 saturated carbocycles. The number of benzene rings is 2. The summed E-state index contributed by atoms with van der Waals surface area (Å²) in [5.41, 5.74) is 10.1. The van der Waals surface area contributed by atoms with Gasteiger partial charge in [-0.2, -0.15) is 4.98 Å². The maximum absolute atomic E-state index is 13.9. The number of hydrogen-bond donors (Lipinski definition) is 2. The summed E-state index contributed by atoms with van der Waals surface area (Å²) in [5, 5.41) is 8.56. The molecule has 7 heteroatoms. The van der Waals surface area contributed by atoms with Gasteiger partial charge < -0.3 is 11.1 Å². The molecular formula is C22H21FN6. The number of halogens is 1. The van der Waals surface area contributed by atoms with E-state index in [1.165, 1.54) is 25.0 Å². The van der Waals surface area contributed by atoms with E-state index in [-0.39, 0.29) is 5.82 Å². The topological polar surface area (TPSA) is 81.7 Å². The zero-order valence-electron chi connectivity index (χ0n) is 16.1. The number of nitrogens with one attached hydrogen (secondary N) is 1. The first-order valence-electron chi connectivity index (χ1n) is 9.71. The van der Waals surface area contributed by atoms with Crippen LogP contribution >= 0.6 is 0 Å². The Balaban J connectivity index is 1.70. The molecular weight excluding hydrogens is 367 g/mol. The molecule has 1 aliphatic carbocycles. The van der Waals surface area contributed by atoms with Crippen LogP contribution in [0.1, 0.15) is 18.4 Å². The minimum atomic E-state index is -0.327. The number of aromatic nitrogens is 4. The van der Waals surface area contributed by atoms with Gasteiger partial charge in [-0.1, -0.05) is 24.3 Å². The maximum Gasteiger partial charge on any atom is 0.225 e. The third kappa shape index (κ3) is 3.40. The minimum Gasteiger partial charge on any atom is -0.383 e. The smallest absolute Gasteiger partial charge is 0.225 e. The summed E-state index contributed by atoms with van der Waals surface area (Å²) in [6.45, 7) is 2.84. The number of aryl methyl sites for hydroxylation is 1. The van der Waals surface area contributed by atoms with Crippen LogP contribution in [0.2, 0.25) is 0 Å². The van der Waals surface area contributed by atoms with Gasteiger partial charge in [0.2, 0.25) is 5.95 Å². The lowest BCUT2D eigenvalue weighted by Gasteiger charge is -2.08. The highest BCUT2D eigenvalue weighted by Gasteiger charge is 2.23. The zero-order chi connectivity index (χ0) is 20.0. The van der Waals surface area contributed by atoms with Crippen LogP contribution in [0.5, 0.6) is 0 Å². The van der Waals surface area contributed by atoms with Gasteiger partial charge in [-0.25, -0.2) is 14.1 Å². The Morgan fingerprint density at radius 1 is 1.14 bits per heavy atom. The van der Waals surface area contributed by atoms with Crippen LogP contribution in [-0.2, 0) is 0 Å². The van der Waals surface area contributed by atoms with Crippen molar-refractivity contribution in [2.45, 2.75) is 19.8 Å². The van der Waals surface area contributed by atoms with E-state index in [1.54, 1.807) is 10.7 Å². The zero-order valence-corrected chi connectivity index (χ0v) is 16.1. The van der Waals surface area contributed by atoms with Crippen LogP contribution in [-0.4, -0.2) is 26.3 Å². The second kappa shape index (κ2) is 6.84. The lowest BCUT2D eigenvalue weighted by atomic mass is 10.1. The van der Waals surface area contributed by atoms with Gasteiger partial charge in [0, 0.05) is 12.1 Å². The Labute approximate surface area is 167 Å². The van der Waals surface area contributed by atoms with Gasteiger partial charge in [0.15, 0.2) is 5.65 Å². The van der Waals surface area contributed by atoms with Crippen molar-refractivity contribution >= 4 is 22.8 Å². The first-order chi connectivity index (χ1) is 14.1. The largest absolute Gasteiger partial charge is 0.383 e. The fourth-order valence-corrected chi connectivity index (χ4v) is 3.45. The van der Waals surface area contributed by atoms with E-state index < -0.39 is 0 Å². The molecule has 0 spiro atoms. The van der Waals surface area contributed by atoms with Crippen molar-refractivity contribution in [3.8, 4) is 16.9 Å². The molecule has 1 aliphatic rings. The Bertz CT molecular complexity index is 1210. The quantitative estimate of drug-likeness (QED) is 0.532. The molecule has 2 heterocycles. The first kappa shape index (κ1) is 17.6. The number of nitrogens with zero attached hydrogens (tertiary/aromatic N) is 4. The van der Waals surface area contributed by atoms with Gasteiger partial charge in [0.1, 0.15) is 11.6 Å². The summed E-state index contributed by atoms with van der Waals surface area (Å²) in [4.78, 5) is 9.26. The SMILES string of the molecule is Cc1cccc(-n2nc3nc(NCC4CC4)nc(-c4cccc(F)c4)c3c2N)c1. The van der Waals surface area contributed by atoms with Crippen molar-refractivity contribution in [3.63, 3.8) is 0 Å². The van der Waals surface area contributed by atoms with Crippen molar-refractivity contribution < 1.29 is 4.39 Å². The van der Waals surface area contributed by atoms with Crippen LogP contribution in [0.4, 0.5) is 16.2 Å². The van der Waals surface area contributed by atoms with Crippen molar-refractivity contribution in [2.24, 2.45) is 5.92 Å². The molecule has 29 heavy (non-hydrogen) atoms. The lowest BCUT2D eigenvalue weighted by Crippen LogP contribution is -2.07. The number of nitrogen functional groups attached to an aromatic ring is 1. The number of rotatable bonds is 5. The Kier molecular flexibility index (Phi) is 4.16. The monoisotopic (exact) mass is 388 g/mol. The molecule has 0 bridgehead atoms. The number of fused-ring (bicyclic) bond motifs is 1. The van der Waals surface area contributed by atoms with E-state index in [4.69, 9.17) is 5.73 Å². The second-order valence-corrected chi connectivity index (χ2v) is 7.57. The predicted octanol–water partition coefficient (Wildman–Crippen LogP) is 4.33. The Morgan fingerprint density at radius 3 is 2.72 bits per heavy atom. The molecule has 0 saturated heterocycles. The highest BCUT2D eigenvalue weighted by molar-refractivity contribution is 5.99. The standard InChI is InChI=1S/C22H21FN6/c1-13-4-2-7-17(10-13)29-20(24)18-19(15-5-3-6-16(23)11-15)26-22(27-21(18)28-29)25-12-14-8-9-14/h2-7,10-11,14H,8-9,12,24H2,1H3,(H,25,27,28). The third-order valence-corrected chi connectivity index (χ3v) is 5.16. The molecule has 3 N–H and O–H groups in total. The van der Waals surface area contributed by atoms with Gasteiger partial charge in [0.05, 0.1) is 16.8 Å². The molecule has 0 aliphatic heterocycles. The second-order valence-electron chi connectivity index (χ2n) is 7.57. The molecule has 0 unspecified atom stereocenters. The molecule has 146 valence electrons. The molecule has 6 nitrogen and oxygen atoms in total. The summed E-state index contributed by atoms with van der Waals surface area (Å²) in [7, 11) is 0. The Hall–Kier alpha value is -3.48. The van der Waals surface area contributed by atoms with Crippen molar-refractivity contribution in [2.75, 3.05) is 17.6 Å². The molecule has 2 aromatic carbocycles. The number of hydrogen-bond acceptors (Lipinski definition) is 5. The fourth-order valence-electron chi connectivity index (χ4n) is 3.45. The summed E-state index contributed by atoms with van der Waals surface area (Å²) < 4.78 is 15.6. The average Bonchev–Trinajstić information content (AvgIpc) is 3.48. The maximum atomic E-state index is 13.9. The minimum absolute atomic E-state index is 0.327. The van der Waals surface area contributed by atoms with E-state index in [0.29, 0.717) is 40.0 Å². The van der Waals surface area contributed by atoms with Gasteiger partial charge in [-0.15, -0.1) is 5.10 Å². The van der Waals surface area contributed by atoms with Gasteiger partial charge in [-0.05, 0) is 55.5 Å². The molecule has 0 amide bonds. The molecule has 4 aromatic rings. The summed E-state index contributed by atoms with van der Waals surface area (Å²) >= 11 is 0. The van der Waals surface area contributed by atoms with Crippen LogP contribution in [0.15, 0.2) is 48.5 Å². The molecule has 1 fully saturated rings. The van der Waals surface area contributed by atoms with Crippen LogP contribution in [0.3, 0.4) is 0 Å². The molecule has 0 radical (unpaired) electrons. The van der Waals surface area contributed by atoms with Gasteiger partial charge in [-0.3, -0.25) is 0 Å². The van der Waals surface area contributed by atoms with Crippen LogP contribution < -0.4 is 11.1 Å². The van der Waals surface area contributed by atoms with Gasteiger partial charge in [0.25, 0.3) is 0 Å². The molecule has 5 rings (SSSR count). The van der Waals surface area contributed by atoms with E-state index in [2.05, 4.69) is 20.4 Å². The van der Waals surface area contributed by atoms with Crippen LogP contribution in [0.25, 0.3) is 28.0 Å². The number of anilines is 2. The normalized spacial score (nSPS) is 13.7. The van der Waals surface area contributed by atoms with Crippen molar-refractivity contribution in [1.29, 1.82) is 0 Å². The van der Waals surface area contributed by atoms with E-state index in [0.717, 1.165) is 17.8 Å². The summed E-state index contributed by atoms with van der Waals surface area (Å²) in [6.07, 6.45) is 2.45. The highest BCUT2D eigenvalue weighted by atomic mass is 19.1. The average molecular weight is 388 g/mol. The van der Waals surface area contributed by atoms with Crippen molar-refractivity contribution in [1.82, 2.24) is 19.7 Å². The number of nitrogens with two attached hydrogens (primary N) is 1. The van der Waals surface area contributed by atoms with Gasteiger partial charge >= 0.3 is 0 Å². The first-order valence-corrected chi connectivity index (χ1v) is 9.71. The highest BCUT2D eigenvalue weighted by Crippen LogP contribution is 2.34. The van der Waals surface area contributed by atoms with E-state index in [1.807, 2.05) is 37.3 Å². The van der Waals surface area contributed by atoms with Crippen molar-refractivity contribution in [3.05, 3.63) is 59.9 Å². The molecule has 0 atom stereocenters.